The van der Waals surface area contributed by atoms with Crippen LogP contribution in [0.25, 0.3) is 0 Å². The first-order chi connectivity index (χ1) is 11.7. The summed E-state index contributed by atoms with van der Waals surface area (Å²) in [6.07, 6.45) is 3.70. The third-order valence-electron chi connectivity index (χ3n) is 4.82. The van der Waals surface area contributed by atoms with E-state index in [1.807, 2.05) is 0 Å². The summed E-state index contributed by atoms with van der Waals surface area (Å²) in [5.74, 6) is 0.272. The van der Waals surface area contributed by atoms with E-state index in [4.69, 9.17) is 4.74 Å². The second-order valence-corrected chi connectivity index (χ2v) is 8.11. The van der Waals surface area contributed by atoms with Gasteiger partial charge in [0.1, 0.15) is 11.6 Å². The maximum Gasteiger partial charge on any atom is 0.408 e. The molecular formula is C18H30N2O5. The second-order valence-electron chi connectivity index (χ2n) is 8.11. The molecule has 3 aliphatic rings. The number of amides is 2. The Bertz CT molecular complexity index is 492. The van der Waals surface area contributed by atoms with Crippen molar-refractivity contribution in [1.82, 2.24) is 10.2 Å². The molecule has 0 aromatic rings. The maximum atomic E-state index is 13.0. The van der Waals surface area contributed by atoms with Crippen molar-refractivity contribution >= 4 is 18.0 Å². The smallest absolute Gasteiger partial charge is 0.408 e. The van der Waals surface area contributed by atoms with Gasteiger partial charge in [0.25, 0.3) is 0 Å². The molecule has 2 amide bonds. The Morgan fingerprint density at radius 2 is 1.60 bits per heavy atom. The Hall–Kier alpha value is -1.79. The van der Waals surface area contributed by atoms with E-state index in [-0.39, 0.29) is 12.3 Å². The molecule has 2 saturated heterocycles. The van der Waals surface area contributed by atoms with Crippen LogP contribution in [0.1, 0.15) is 52.9 Å². The number of methoxy groups -OCH3 is 1. The van der Waals surface area contributed by atoms with Crippen molar-refractivity contribution in [3.63, 3.8) is 0 Å². The summed E-state index contributed by atoms with van der Waals surface area (Å²) in [6.45, 7) is 6.63. The van der Waals surface area contributed by atoms with Crippen LogP contribution < -0.4 is 5.32 Å². The van der Waals surface area contributed by atoms with Crippen molar-refractivity contribution in [1.29, 1.82) is 0 Å². The summed E-state index contributed by atoms with van der Waals surface area (Å²) in [6, 6.07) is -0.959. The topological polar surface area (TPSA) is 84.9 Å². The number of hydrogen-bond donors (Lipinski definition) is 1. The molecule has 142 valence electrons. The van der Waals surface area contributed by atoms with Crippen LogP contribution in [0.2, 0.25) is 0 Å². The van der Waals surface area contributed by atoms with Gasteiger partial charge in [0.2, 0.25) is 5.91 Å². The lowest BCUT2D eigenvalue weighted by Gasteiger charge is -2.28. The molecule has 0 aromatic carbocycles. The quantitative estimate of drug-likeness (QED) is 0.782. The molecule has 2 bridgehead atoms. The largest absolute Gasteiger partial charge is 0.469 e. The monoisotopic (exact) mass is 354 g/mol. The third-order valence-corrected chi connectivity index (χ3v) is 4.82. The highest BCUT2D eigenvalue weighted by Gasteiger charge is 2.36. The van der Waals surface area contributed by atoms with Crippen LogP contribution in [-0.4, -0.2) is 54.7 Å². The van der Waals surface area contributed by atoms with Gasteiger partial charge < -0.3 is 19.7 Å². The lowest BCUT2D eigenvalue weighted by molar-refractivity contribution is -0.145. The molecule has 25 heavy (non-hydrogen) atoms. The molecule has 2 aliphatic heterocycles. The zero-order chi connectivity index (χ0) is 18.6. The van der Waals surface area contributed by atoms with Gasteiger partial charge in [-0.3, -0.25) is 9.59 Å². The van der Waals surface area contributed by atoms with Gasteiger partial charge in [0.05, 0.1) is 13.5 Å². The normalized spacial score (nSPS) is 24.2. The highest BCUT2D eigenvalue weighted by molar-refractivity contribution is 5.89. The predicted molar refractivity (Wildman–Crippen MR) is 91.8 cm³/mol. The summed E-state index contributed by atoms with van der Waals surface area (Å²) in [5, 5.41) is 2.55. The Morgan fingerprint density at radius 3 is 2.04 bits per heavy atom. The zero-order valence-electron chi connectivity index (χ0n) is 15.7. The number of rotatable bonds is 4. The maximum absolute atomic E-state index is 13.0. The van der Waals surface area contributed by atoms with Gasteiger partial charge in [0, 0.05) is 13.1 Å². The molecule has 3 rings (SSSR count). The molecule has 2 heterocycles. The predicted octanol–water partition coefficient (Wildman–Crippen LogP) is 2.09. The minimum atomic E-state index is -0.959. The number of carbonyl (C=O) groups excluding carboxylic acids is 3. The molecule has 1 N–H and O–H groups in total. The van der Waals surface area contributed by atoms with Gasteiger partial charge in [-0.2, -0.15) is 0 Å². The van der Waals surface area contributed by atoms with Gasteiger partial charge in [-0.1, -0.05) is 0 Å². The van der Waals surface area contributed by atoms with E-state index in [9.17, 15) is 14.4 Å². The standard InChI is InChI=1S/C18H30N2O5/c1-18(2,3)25-17(23)19-14(9-15(21)24-4)16(22)20-10-12-5-6-13(11-20)8-7-12/h12-14H,5-11H2,1-4H3,(H,19,23)/t12?,13?,14-/m0/s1. The van der Waals surface area contributed by atoms with E-state index in [1.54, 1.807) is 25.7 Å². The van der Waals surface area contributed by atoms with Crippen molar-refractivity contribution in [2.75, 3.05) is 20.2 Å². The van der Waals surface area contributed by atoms with Crippen molar-refractivity contribution in [3.05, 3.63) is 0 Å². The minimum Gasteiger partial charge on any atom is -0.469 e. The molecule has 1 aliphatic carbocycles. The van der Waals surface area contributed by atoms with E-state index in [2.05, 4.69) is 10.1 Å². The lowest BCUT2D eigenvalue weighted by Crippen LogP contribution is -2.51. The Kier molecular flexibility index (Phi) is 6.30. The van der Waals surface area contributed by atoms with E-state index in [0.717, 1.165) is 25.7 Å². The van der Waals surface area contributed by atoms with Gasteiger partial charge in [-0.25, -0.2) is 4.79 Å². The van der Waals surface area contributed by atoms with E-state index >= 15 is 0 Å². The Morgan fingerprint density at radius 1 is 1.08 bits per heavy atom. The third kappa shape index (κ3) is 5.90. The number of fused-ring (bicyclic) bond motifs is 4. The molecule has 7 nitrogen and oxygen atoms in total. The number of nitrogens with zero attached hydrogens (tertiary/aromatic N) is 1. The molecule has 0 radical (unpaired) electrons. The van der Waals surface area contributed by atoms with Crippen LogP contribution >= 0.6 is 0 Å². The number of ether oxygens (including phenoxy) is 2. The Balaban J connectivity index is 2.06. The molecule has 0 spiro atoms. The minimum absolute atomic E-state index is 0.194. The van der Waals surface area contributed by atoms with Crippen molar-refractivity contribution < 1.29 is 23.9 Å². The molecule has 0 aromatic heterocycles. The first kappa shape index (κ1) is 19.5. The van der Waals surface area contributed by atoms with Crippen LogP contribution in [0.15, 0.2) is 0 Å². The van der Waals surface area contributed by atoms with Gasteiger partial charge in [-0.15, -0.1) is 0 Å². The number of carbonyl (C=O) groups is 3. The highest BCUT2D eigenvalue weighted by atomic mass is 16.6. The summed E-state index contributed by atoms with van der Waals surface area (Å²) < 4.78 is 9.91. The average Bonchev–Trinajstić information content (AvgIpc) is 2.85. The highest BCUT2D eigenvalue weighted by Crippen LogP contribution is 2.34. The fourth-order valence-electron chi connectivity index (χ4n) is 3.59. The zero-order valence-corrected chi connectivity index (χ0v) is 15.7. The molecule has 1 atom stereocenters. The van der Waals surface area contributed by atoms with Gasteiger partial charge in [-0.05, 0) is 58.3 Å². The average molecular weight is 354 g/mol. The van der Waals surface area contributed by atoms with Crippen LogP contribution in [0, 0.1) is 11.8 Å². The van der Waals surface area contributed by atoms with Crippen LogP contribution in [0.3, 0.4) is 0 Å². The molecule has 1 saturated carbocycles. The number of esters is 1. The van der Waals surface area contributed by atoms with Gasteiger partial charge in [0.15, 0.2) is 0 Å². The van der Waals surface area contributed by atoms with Crippen molar-refractivity contribution in [3.8, 4) is 0 Å². The first-order valence-corrected chi connectivity index (χ1v) is 9.03. The molecular weight excluding hydrogens is 324 g/mol. The number of alkyl carbamates (subject to hydrolysis) is 1. The van der Waals surface area contributed by atoms with Crippen LogP contribution in [0.5, 0.6) is 0 Å². The molecule has 3 fully saturated rings. The second kappa shape index (κ2) is 8.06. The number of hydrogen-bond acceptors (Lipinski definition) is 5. The van der Waals surface area contributed by atoms with Crippen molar-refractivity contribution in [2.45, 2.75) is 64.5 Å². The summed E-state index contributed by atoms with van der Waals surface area (Å²) in [7, 11) is 1.27. The SMILES string of the molecule is COC(=O)C[C@H](NC(=O)OC(C)(C)C)C(=O)N1CC2CCC(CC2)C1. The van der Waals surface area contributed by atoms with Gasteiger partial charge >= 0.3 is 12.1 Å². The number of nitrogens with one attached hydrogen (secondary N) is 1. The van der Waals surface area contributed by atoms with Crippen LogP contribution in [0.4, 0.5) is 4.79 Å². The summed E-state index contributed by atoms with van der Waals surface area (Å²) in [5.41, 5.74) is -0.676. The fraction of sp³-hybridized carbons (Fsp3) is 0.833. The van der Waals surface area contributed by atoms with E-state index in [1.165, 1.54) is 7.11 Å². The summed E-state index contributed by atoms with van der Waals surface area (Å²) >= 11 is 0. The Labute approximate surface area is 149 Å². The van der Waals surface area contributed by atoms with Crippen LogP contribution in [-0.2, 0) is 19.1 Å². The van der Waals surface area contributed by atoms with Crippen molar-refractivity contribution in [2.24, 2.45) is 11.8 Å². The van der Waals surface area contributed by atoms with E-state index < -0.39 is 23.7 Å². The first-order valence-electron chi connectivity index (χ1n) is 9.03. The molecule has 7 heteroatoms. The van der Waals surface area contributed by atoms with E-state index in [0.29, 0.717) is 24.9 Å². The lowest BCUT2D eigenvalue weighted by atomic mass is 9.84. The fourth-order valence-corrected chi connectivity index (χ4v) is 3.59. The molecule has 0 unspecified atom stereocenters. The summed E-state index contributed by atoms with van der Waals surface area (Å²) in [4.78, 5) is 38.6.